The van der Waals surface area contributed by atoms with E-state index in [-0.39, 0.29) is 11.8 Å². The normalized spacial score (nSPS) is 12.5. The third-order valence-corrected chi connectivity index (χ3v) is 1.99. The molecule has 2 amide bonds. The SMILES string of the molecule is CCC(C(=O)NC/C=C/N)C(=O)N(C)C. The fourth-order valence-electron chi connectivity index (χ4n) is 1.13. The molecule has 0 aliphatic heterocycles. The van der Waals surface area contributed by atoms with Gasteiger partial charge in [0.2, 0.25) is 11.8 Å². The zero-order valence-electron chi connectivity index (χ0n) is 9.49. The summed E-state index contributed by atoms with van der Waals surface area (Å²) in [6, 6.07) is 0. The van der Waals surface area contributed by atoms with Gasteiger partial charge < -0.3 is 16.0 Å². The maximum Gasteiger partial charge on any atom is 0.234 e. The van der Waals surface area contributed by atoms with E-state index in [4.69, 9.17) is 5.73 Å². The second-order valence-electron chi connectivity index (χ2n) is 3.37. The highest BCUT2D eigenvalue weighted by Gasteiger charge is 2.25. The first-order valence-electron chi connectivity index (χ1n) is 4.90. The Kier molecular flexibility index (Phi) is 6.17. The Hall–Kier alpha value is -1.52. The van der Waals surface area contributed by atoms with Crippen molar-refractivity contribution in [2.75, 3.05) is 20.6 Å². The van der Waals surface area contributed by atoms with Crippen LogP contribution in [0.5, 0.6) is 0 Å². The van der Waals surface area contributed by atoms with E-state index in [1.807, 2.05) is 6.92 Å². The first-order valence-corrected chi connectivity index (χ1v) is 4.90. The van der Waals surface area contributed by atoms with Gasteiger partial charge in [-0.3, -0.25) is 9.59 Å². The number of rotatable bonds is 5. The molecule has 0 spiro atoms. The van der Waals surface area contributed by atoms with Gasteiger partial charge in [0.25, 0.3) is 0 Å². The van der Waals surface area contributed by atoms with Gasteiger partial charge in [-0.15, -0.1) is 0 Å². The summed E-state index contributed by atoms with van der Waals surface area (Å²) in [5.74, 6) is -1.03. The summed E-state index contributed by atoms with van der Waals surface area (Å²) in [4.78, 5) is 24.6. The van der Waals surface area contributed by atoms with Gasteiger partial charge in [0.15, 0.2) is 0 Å². The molecule has 0 aliphatic rings. The standard InChI is InChI=1S/C10H19N3O2/c1-4-8(10(15)13(2)3)9(14)12-7-5-6-11/h5-6,8H,4,7,11H2,1-3H3,(H,12,14)/b6-5+. The Morgan fingerprint density at radius 2 is 2.07 bits per heavy atom. The van der Waals surface area contributed by atoms with Crippen LogP contribution in [0.4, 0.5) is 0 Å². The van der Waals surface area contributed by atoms with Crippen LogP contribution in [0.25, 0.3) is 0 Å². The molecule has 0 rings (SSSR count). The van der Waals surface area contributed by atoms with Crippen LogP contribution in [0.2, 0.25) is 0 Å². The molecule has 1 unspecified atom stereocenters. The van der Waals surface area contributed by atoms with Crippen molar-refractivity contribution in [3.8, 4) is 0 Å². The van der Waals surface area contributed by atoms with Crippen molar-refractivity contribution in [2.24, 2.45) is 11.7 Å². The highest BCUT2D eigenvalue weighted by atomic mass is 16.2. The minimum Gasteiger partial charge on any atom is -0.405 e. The maximum atomic E-state index is 11.6. The van der Waals surface area contributed by atoms with Gasteiger partial charge in [-0.25, -0.2) is 0 Å². The van der Waals surface area contributed by atoms with Crippen molar-refractivity contribution in [3.05, 3.63) is 12.3 Å². The molecule has 0 aromatic rings. The quantitative estimate of drug-likeness (QED) is 0.615. The van der Waals surface area contributed by atoms with Gasteiger partial charge >= 0.3 is 0 Å². The van der Waals surface area contributed by atoms with Crippen LogP contribution in [0.15, 0.2) is 12.3 Å². The number of nitrogens with zero attached hydrogens (tertiary/aromatic N) is 1. The third-order valence-electron chi connectivity index (χ3n) is 1.99. The van der Waals surface area contributed by atoms with Gasteiger partial charge in [-0.05, 0) is 18.7 Å². The molecule has 5 heteroatoms. The average Bonchev–Trinajstić information content (AvgIpc) is 2.19. The number of amides is 2. The van der Waals surface area contributed by atoms with Crippen LogP contribution in [0.3, 0.4) is 0 Å². The van der Waals surface area contributed by atoms with Crippen LogP contribution in [0, 0.1) is 5.92 Å². The van der Waals surface area contributed by atoms with Crippen LogP contribution in [-0.2, 0) is 9.59 Å². The van der Waals surface area contributed by atoms with E-state index in [2.05, 4.69) is 5.32 Å². The van der Waals surface area contributed by atoms with Gasteiger partial charge in [-0.2, -0.15) is 0 Å². The Morgan fingerprint density at radius 1 is 1.47 bits per heavy atom. The smallest absolute Gasteiger partial charge is 0.234 e. The van der Waals surface area contributed by atoms with E-state index >= 15 is 0 Å². The van der Waals surface area contributed by atoms with Crippen LogP contribution in [0.1, 0.15) is 13.3 Å². The van der Waals surface area contributed by atoms with Crippen molar-refractivity contribution in [3.63, 3.8) is 0 Å². The van der Waals surface area contributed by atoms with Crippen molar-refractivity contribution in [2.45, 2.75) is 13.3 Å². The molecule has 0 aromatic carbocycles. The van der Waals surface area contributed by atoms with Crippen molar-refractivity contribution < 1.29 is 9.59 Å². The van der Waals surface area contributed by atoms with E-state index < -0.39 is 5.92 Å². The highest BCUT2D eigenvalue weighted by molar-refractivity contribution is 6.00. The molecule has 0 radical (unpaired) electrons. The average molecular weight is 213 g/mol. The lowest BCUT2D eigenvalue weighted by Gasteiger charge is -2.18. The zero-order valence-corrected chi connectivity index (χ0v) is 9.49. The summed E-state index contributed by atoms with van der Waals surface area (Å²) >= 11 is 0. The monoisotopic (exact) mass is 213 g/mol. The minimum atomic E-state index is -0.605. The van der Waals surface area contributed by atoms with Crippen LogP contribution >= 0.6 is 0 Å². The maximum absolute atomic E-state index is 11.6. The molecule has 0 aliphatic carbocycles. The highest BCUT2D eigenvalue weighted by Crippen LogP contribution is 2.05. The van der Waals surface area contributed by atoms with E-state index in [1.165, 1.54) is 11.1 Å². The molecule has 15 heavy (non-hydrogen) atoms. The summed E-state index contributed by atoms with van der Waals surface area (Å²) in [5, 5.41) is 2.62. The molecule has 1 atom stereocenters. The van der Waals surface area contributed by atoms with Crippen molar-refractivity contribution in [1.82, 2.24) is 10.2 Å². The van der Waals surface area contributed by atoms with Crippen molar-refractivity contribution in [1.29, 1.82) is 0 Å². The second kappa shape index (κ2) is 6.86. The lowest BCUT2D eigenvalue weighted by Crippen LogP contribution is -2.40. The second-order valence-corrected chi connectivity index (χ2v) is 3.37. The van der Waals surface area contributed by atoms with E-state index in [0.717, 1.165) is 0 Å². The van der Waals surface area contributed by atoms with Gasteiger partial charge in [-0.1, -0.05) is 6.92 Å². The molecule has 86 valence electrons. The number of hydrogen-bond donors (Lipinski definition) is 2. The van der Waals surface area contributed by atoms with Gasteiger partial charge in [0, 0.05) is 20.6 Å². The first kappa shape index (κ1) is 13.5. The number of nitrogens with two attached hydrogens (primary N) is 1. The molecule has 5 nitrogen and oxygen atoms in total. The van der Waals surface area contributed by atoms with E-state index in [1.54, 1.807) is 20.2 Å². The largest absolute Gasteiger partial charge is 0.405 e. The Balaban J connectivity index is 4.28. The number of carbonyl (C=O) groups excluding carboxylic acids is 2. The van der Waals surface area contributed by atoms with Crippen LogP contribution in [-0.4, -0.2) is 37.4 Å². The number of nitrogens with one attached hydrogen (secondary N) is 1. The fourth-order valence-corrected chi connectivity index (χ4v) is 1.13. The Bertz CT molecular complexity index is 249. The molecule has 0 heterocycles. The van der Waals surface area contributed by atoms with Gasteiger partial charge in [0.05, 0.1) is 0 Å². The Labute approximate surface area is 90.3 Å². The van der Waals surface area contributed by atoms with E-state index in [0.29, 0.717) is 13.0 Å². The minimum absolute atomic E-state index is 0.174. The zero-order chi connectivity index (χ0) is 11.8. The van der Waals surface area contributed by atoms with Gasteiger partial charge in [0.1, 0.15) is 5.92 Å². The fraction of sp³-hybridized carbons (Fsp3) is 0.600. The Morgan fingerprint density at radius 3 is 2.47 bits per heavy atom. The molecule has 0 saturated heterocycles. The molecule has 3 N–H and O–H groups in total. The summed E-state index contributed by atoms with van der Waals surface area (Å²) in [6.45, 7) is 2.16. The van der Waals surface area contributed by atoms with Crippen molar-refractivity contribution >= 4 is 11.8 Å². The van der Waals surface area contributed by atoms with Crippen LogP contribution < -0.4 is 11.1 Å². The molecule has 0 bridgehead atoms. The molecule has 0 aromatic heterocycles. The summed E-state index contributed by atoms with van der Waals surface area (Å²) in [6.07, 6.45) is 3.47. The molecular weight excluding hydrogens is 194 g/mol. The third kappa shape index (κ3) is 4.49. The molecule has 0 fully saturated rings. The first-order chi connectivity index (χ1) is 7.04. The lowest BCUT2D eigenvalue weighted by molar-refractivity contribution is -0.140. The summed E-state index contributed by atoms with van der Waals surface area (Å²) < 4.78 is 0. The topological polar surface area (TPSA) is 75.4 Å². The number of carbonyl (C=O) groups is 2. The molecular formula is C10H19N3O2. The predicted molar refractivity (Wildman–Crippen MR) is 58.8 cm³/mol. The molecule has 0 saturated carbocycles. The lowest BCUT2D eigenvalue weighted by atomic mass is 10.0. The number of hydrogen-bond acceptors (Lipinski definition) is 3. The summed E-state index contributed by atoms with van der Waals surface area (Å²) in [5.41, 5.74) is 5.12. The predicted octanol–water partition coefficient (Wildman–Crippen LogP) is -0.311. The van der Waals surface area contributed by atoms with E-state index in [9.17, 15) is 9.59 Å². The summed E-state index contributed by atoms with van der Waals surface area (Å²) in [7, 11) is 3.27.